The van der Waals surface area contributed by atoms with E-state index >= 15 is 0 Å². The molecule has 0 saturated carbocycles. The first-order valence-corrected chi connectivity index (χ1v) is 10.7. The van der Waals surface area contributed by atoms with Gasteiger partial charge in [-0.05, 0) is 42.8 Å². The molecule has 4 N–H and O–H groups in total. The minimum absolute atomic E-state index is 0.149. The summed E-state index contributed by atoms with van der Waals surface area (Å²) >= 11 is 0. The maximum Gasteiger partial charge on any atom is 0.244 e. The molecule has 0 spiro atoms. The SMILES string of the molecule is COc1ccc(/C=C/C(=O)NCCCNC(=O)/C=C/c2ccc(OC)c(O)c2OC)c(OC)c1O. The quantitative estimate of drug-likeness (QED) is 0.265. The molecule has 2 aromatic rings. The normalized spacial score (nSPS) is 10.9. The van der Waals surface area contributed by atoms with Gasteiger partial charge in [0.2, 0.25) is 23.3 Å². The van der Waals surface area contributed by atoms with Crippen molar-refractivity contribution in [3.63, 3.8) is 0 Å². The third kappa shape index (κ3) is 7.32. The molecule has 35 heavy (non-hydrogen) atoms. The van der Waals surface area contributed by atoms with Gasteiger partial charge in [-0.1, -0.05) is 0 Å². The van der Waals surface area contributed by atoms with E-state index in [1.807, 2.05) is 0 Å². The average molecular weight is 487 g/mol. The highest BCUT2D eigenvalue weighted by molar-refractivity contribution is 5.93. The Bertz CT molecular complexity index is 1010. The van der Waals surface area contributed by atoms with Crippen LogP contribution in [0.2, 0.25) is 0 Å². The smallest absolute Gasteiger partial charge is 0.244 e. The van der Waals surface area contributed by atoms with Gasteiger partial charge >= 0.3 is 0 Å². The van der Waals surface area contributed by atoms with E-state index in [-0.39, 0.29) is 46.3 Å². The molecule has 10 heteroatoms. The zero-order chi connectivity index (χ0) is 25.8. The lowest BCUT2D eigenvalue weighted by molar-refractivity contribution is -0.116. The van der Waals surface area contributed by atoms with Crippen molar-refractivity contribution in [3.05, 3.63) is 47.5 Å². The van der Waals surface area contributed by atoms with E-state index in [0.717, 1.165) is 0 Å². The summed E-state index contributed by atoms with van der Waals surface area (Å²) in [5, 5.41) is 25.6. The van der Waals surface area contributed by atoms with Crippen molar-refractivity contribution in [1.82, 2.24) is 10.6 Å². The van der Waals surface area contributed by atoms with Crippen molar-refractivity contribution in [2.75, 3.05) is 41.5 Å². The van der Waals surface area contributed by atoms with Crippen LogP contribution in [0.4, 0.5) is 0 Å². The van der Waals surface area contributed by atoms with E-state index < -0.39 is 0 Å². The summed E-state index contributed by atoms with van der Waals surface area (Å²) < 4.78 is 20.4. The molecule has 10 nitrogen and oxygen atoms in total. The summed E-state index contributed by atoms with van der Waals surface area (Å²) in [6, 6.07) is 6.46. The Morgan fingerprint density at radius 3 is 1.46 bits per heavy atom. The van der Waals surface area contributed by atoms with Crippen LogP contribution >= 0.6 is 0 Å². The van der Waals surface area contributed by atoms with Crippen LogP contribution in [0.3, 0.4) is 0 Å². The molecule has 2 rings (SSSR count). The minimum Gasteiger partial charge on any atom is -0.502 e. The number of hydrogen-bond acceptors (Lipinski definition) is 8. The van der Waals surface area contributed by atoms with Crippen LogP contribution in [0.5, 0.6) is 34.5 Å². The summed E-state index contributed by atoms with van der Waals surface area (Å²) in [7, 11) is 5.68. The Morgan fingerprint density at radius 2 is 1.11 bits per heavy atom. The van der Waals surface area contributed by atoms with Gasteiger partial charge in [0, 0.05) is 36.4 Å². The van der Waals surface area contributed by atoms with Crippen LogP contribution in [0.15, 0.2) is 36.4 Å². The number of phenols is 2. The molecule has 0 aromatic heterocycles. The van der Waals surface area contributed by atoms with E-state index in [0.29, 0.717) is 30.6 Å². The summed E-state index contributed by atoms with van der Waals surface area (Å²) in [6.07, 6.45) is 6.19. The standard InChI is InChI=1S/C25H30N2O8/c1-32-18-10-6-16(24(34-3)22(18)30)8-12-20(28)26-14-5-15-27-21(29)13-9-17-7-11-19(33-2)23(31)25(17)35-4/h6-13,30-31H,5,14-15H2,1-4H3,(H,26,28)(H,27,29)/b12-8+,13-9+. The second-order valence-corrected chi connectivity index (χ2v) is 7.08. The first-order chi connectivity index (χ1) is 16.9. The number of phenolic OH excluding ortho intramolecular Hbond substituents is 2. The lowest BCUT2D eigenvalue weighted by atomic mass is 10.1. The zero-order valence-corrected chi connectivity index (χ0v) is 20.1. The molecule has 2 amide bonds. The van der Waals surface area contributed by atoms with Gasteiger partial charge in [0.1, 0.15) is 0 Å². The third-order valence-electron chi connectivity index (χ3n) is 4.88. The molecular formula is C25H30N2O8. The number of hydrogen-bond donors (Lipinski definition) is 4. The number of rotatable bonds is 12. The minimum atomic E-state index is -0.333. The predicted molar refractivity (Wildman–Crippen MR) is 131 cm³/mol. The molecule has 2 aromatic carbocycles. The van der Waals surface area contributed by atoms with Crippen LogP contribution in [0, 0.1) is 0 Å². The Morgan fingerprint density at radius 1 is 0.714 bits per heavy atom. The van der Waals surface area contributed by atoms with Crippen LogP contribution in [0.25, 0.3) is 12.2 Å². The van der Waals surface area contributed by atoms with E-state index in [1.54, 1.807) is 24.3 Å². The average Bonchev–Trinajstić information content (AvgIpc) is 2.86. The van der Waals surface area contributed by atoms with E-state index in [2.05, 4.69) is 10.6 Å². The Balaban J connectivity index is 1.79. The highest BCUT2D eigenvalue weighted by Crippen LogP contribution is 2.40. The molecule has 0 heterocycles. The van der Waals surface area contributed by atoms with E-state index in [9.17, 15) is 19.8 Å². The highest BCUT2D eigenvalue weighted by Gasteiger charge is 2.13. The van der Waals surface area contributed by atoms with Crippen molar-refractivity contribution in [1.29, 1.82) is 0 Å². The first-order valence-electron chi connectivity index (χ1n) is 10.7. The number of benzene rings is 2. The van der Waals surface area contributed by atoms with Gasteiger partial charge in [0.05, 0.1) is 28.4 Å². The molecular weight excluding hydrogens is 456 g/mol. The van der Waals surface area contributed by atoms with Gasteiger partial charge in [-0.2, -0.15) is 0 Å². The maximum absolute atomic E-state index is 12.0. The lowest BCUT2D eigenvalue weighted by Gasteiger charge is -2.10. The van der Waals surface area contributed by atoms with Crippen LogP contribution in [-0.4, -0.2) is 63.6 Å². The summed E-state index contributed by atoms with van der Waals surface area (Å²) in [4.78, 5) is 24.1. The molecule has 0 aliphatic heterocycles. The zero-order valence-electron chi connectivity index (χ0n) is 20.1. The van der Waals surface area contributed by atoms with Gasteiger partial charge in [-0.3, -0.25) is 9.59 Å². The van der Waals surface area contributed by atoms with Crippen molar-refractivity contribution in [2.24, 2.45) is 0 Å². The van der Waals surface area contributed by atoms with Gasteiger partial charge in [0.25, 0.3) is 0 Å². The summed E-state index contributed by atoms with van der Waals surface area (Å²) in [6.45, 7) is 0.691. The first kappa shape index (κ1) is 26.9. The van der Waals surface area contributed by atoms with E-state index in [1.165, 1.54) is 52.7 Å². The Kier molecular flexibility index (Phi) is 10.3. The predicted octanol–water partition coefficient (Wildman–Crippen LogP) is 2.48. The molecule has 0 saturated heterocycles. The third-order valence-corrected chi connectivity index (χ3v) is 4.88. The number of nitrogens with one attached hydrogen (secondary N) is 2. The fourth-order valence-electron chi connectivity index (χ4n) is 3.12. The highest BCUT2D eigenvalue weighted by atomic mass is 16.5. The number of aromatic hydroxyl groups is 2. The summed E-state index contributed by atoms with van der Waals surface area (Å²) in [5.74, 6) is -0.0318. The van der Waals surface area contributed by atoms with Crippen LogP contribution in [0.1, 0.15) is 17.5 Å². The number of methoxy groups -OCH3 is 4. The molecule has 0 bridgehead atoms. The fraction of sp³-hybridized carbons (Fsp3) is 0.280. The Hall–Kier alpha value is -4.34. The molecule has 0 fully saturated rings. The fourth-order valence-corrected chi connectivity index (χ4v) is 3.12. The molecule has 0 aliphatic carbocycles. The molecule has 188 valence electrons. The topological polar surface area (TPSA) is 136 Å². The second kappa shape index (κ2) is 13.4. The second-order valence-electron chi connectivity index (χ2n) is 7.08. The largest absolute Gasteiger partial charge is 0.502 e. The monoisotopic (exact) mass is 486 g/mol. The Labute approximate surface area is 203 Å². The molecule has 0 aliphatic rings. The number of ether oxygens (including phenoxy) is 4. The van der Waals surface area contributed by atoms with Gasteiger partial charge in [-0.25, -0.2) is 0 Å². The molecule has 0 unspecified atom stereocenters. The van der Waals surface area contributed by atoms with Crippen molar-refractivity contribution >= 4 is 24.0 Å². The maximum atomic E-state index is 12.0. The van der Waals surface area contributed by atoms with Crippen molar-refractivity contribution in [3.8, 4) is 34.5 Å². The van der Waals surface area contributed by atoms with Crippen molar-refractivity contribution < 1.29 is 38.7 Å². The van der Waals surface area contributed by atoms with Crippen molar-refractivity contribution in [2.45, 2.75) is 6.42 Å². The lowest BCUT2D eigenvalue weighted by Crippen LogP contribution is -2.28. The number of carbonyl (C=O) groups excluding carboxylic acids is 2. The van der Waals surface area contributed by atoms with Crippen LogP contribution in [-0.2, 0) is 9.59 Å². The molecule has 0 radical (unpaired) electrons. The number of amides is 2. The summed E-state index contributed by atoms with van der Waals surface area (Å²) in [5.41, 5.74) is 1.03. The molecule has 0 atom stereocenters. The van der Waals surface area contributed by atoms with E-state index in [4.69, 9.17) is 18.9 Å². The van der Waals surface area contributed by atoms with Gasteiger partial charge in [0.15, 0.2) is 23.0 Å². The van der Waals surface area contributed by atoms with Gasteiger partial charge in [-0.15, -0.1) is 0 Å². The van der Waals surface area contributed by atoms with Crippen LogP contribution < -0.4 is 29.6 Å². The number of carbonyl (C=O) groups is 2. The van der Waals surface area contributed by atoms with Gasteiger partial charge < -0.3 is 39.8 Å².